The number of aldehydes is 1. The van der Waals surface area contributed by atoms with Crippen LogP contribution in [0.25, 0.3) is 22.0 Å². The zero-order valence-corrected chi connectivity index (χ0v) is 16.0. The molecule has 0 saturated heterocycles. The van der Waals surface area contributed by atoms with Gasteiger partial charge in [-0.1, -0.05) is 48.5 Å². The minimum absolute atomic E-state index is 0.0576. The van der Waals surface area contributed by atoms with Crippen molar-refractivity contribution in [2.24, 2.45) is 0 Å². The topological polar surface area (TPSA) is 67.3 Å². The SMILES string of the molecule is O=C(O)c1ccccc1-c1ccc(C(F)(F)F)cc1.O=Cc1cnc2ccccc2c1. The molecular formula is C24H16F3NO3. The van der Waals surface area contributed by atoms with Crippen molar-refractivity contribution >= 4 is 23.2 Å². The van der Waals surface area contributed by atoms with Crippen molar-refractivity contribution in [1.82, 2.24) is 4.98 Å². The maximum absolute atomic E-state index is 12.4. The molecule has 1 N–H and O–H groups in total. The zero-order valence-electron chi connectivity index (χ0n) is 16.0. The van der Waals surface area contributed by atoms with Gasteiger partial charge in [-0.3, -0.25) is 9.78 Å². The van der Waals surface area contributed by atoms with Crippen LogP contribution in [-0.4, -0.2) is 22.3 Å². The molecular weight excluding hydrogens is 407 g/mol. The minimum Gasteiger partial charge on any atom is -0.478 e. The monoisotopic (exact) mass is 423 g/mol. The summed E-state index contributed by atoms with van der Waals surface area (Å²) < 4.78 is 37.3. The van der Waals surface area contributed by atoms with Crippen LogP contribution in [0.15, 0.2) is 85.1 Å². The first-order chi connectivity index (χ1) is 14.8. The Morgan fingerprint density at radius 3 is 2.19 bits per heavy atom. The standard InChI is InChI=1S/C14H9F3O2.C10H7NO/c15-14(16,17)10-7-5-9(6-8-10)11-3-1-2-4-12(11)13(18)19;12-7-8-5-9-3-1-2-4-10(9)11-6-8/h1-8H,(H,18,19);1-7H. The molecule has 4 rings (SSSR count). The molecule has 7 heteroatoms. The number of hydrogen-bond donors (Lipinski definition) is 1. The van der Waals surface area contributed by atoms with Crippen molar-refractivity contribution in [3.63, 3.8) is 0 Å². The van der Waals surface area contributed by atoms with Crippen LogP contribution in [0.5, 0.6) is 0 Å². The molecule has 0 spiro atoms. The second-order valence-corrected chi connectivity index (χ2v) is 6.51. The van der Waals surface area contributed by atoms with Gasteiger partial charge in [0.25, 0.3) is 0 Å². The molecule has 4 nitrogen and oxygen atoms in total. The summed E-state index contributed by atoms with van der Waals surface area (Å²) in [5.74, 6) is -1.12. The molecule has 1 aromatic heterocycles. The largest absolute Gasteiger partial charge is 0.478 e. The number of para-hydroxylation sites is 1. The minimum atomic E-state index is -4.40. The smallest absolute Gasteiger partial charge is 0.416 e. The van der Waals surface area contributed by atoms with Gasteiger partial charge in [0.1, 0.15) is 0 Å². The molecule has 156 valence electrons. The number of carbonyl (C=O) groups is 2. The van der Waals surface area contributed by atoms with E-state index >= 15 is 0 Å². The summed E-state index contributed by atoms with van der Waals surface area (Å²) in [5, 5.41) is 10.0. The Hall–Kier alpha value is -4.00. The van der Waals surface area contributed by atoms with Crippen molar-refractivity contribution < 1.29 is 27.9 Å². The molecule has 1 heterocycles. The van der Waals surface area contributed by atoms with Gasteiger partial charge in [-0.25, -0.2) is 4.79 Å². The third kappa shape index (κ3) is 5.33. The van der Waals surface area contributed by atoms with Gasteiger partial charge in [-0.2, -0.15) is 13.2 Å². The van der Waals surface area contributed by atoms with E-state index in [-0.39, 0.29) is 5.56 Å². The van der Waals surface area contributed by atoms with E-state index in [1.165, 1.54) is 18.2 Å². The highest BCUT2D eigenvalue weighted by Crippen LogP contribution is 2.31. The first-order valence-corrected chi connectivity index (χ1v) is 9.09. The van der Waals surface area contributed by atoms with Crippen molar-refractivity contribution in [3.05, 3.63) is 102 Å². The molecule has 3 aromatic carbocycles. The number of nitrogens with zero attached hydrogens (tertiary/aromatic N) is 1. The second-order valence-electron chi connectivity index (χ2n) is 6.51. The first kappa shape index (κ1) is 21.7. The number of carboxylic acid groups (broad SMARTS) is 1. The van der Waals surface area contributed by atoms with Crippen molar-refractivity contribution in [1.29, 1.82) is 0 Å². The second kappa shape index (κ2) is 9.21. The van der Waals surface area contributed by atoms with Crippen LogP contribution in [0, 0.1) is 0 Å². The quantitative estimate of drug-likeness (QED) is 0.403. The molecule has 0 bridgehead atoms. The summed E-state index contributed by atoms with van der Waals surface area (Å²) in [6.07, 6.45) is -2.01. The Morgan fingerprint density at radius 1 is 0.903 bits per heavy atom. The number of benzene rings is 3. The number of aromatic carboxylic acids is 1. The number of rotatable bonds is 3. The number of fused-ring (bicyclic) bond motifs is 1. The number of pyridine rings is 1. The van der Waals surface area contributed by atoms with Gasteiger partial charge in [-0.15, -0.1) is 0 Å². The highest BCUT2D eigenvalue weighted by molar-refractivity contribution is 5.96. The van der Waals surface area contributed by atoms with Crippen LogP contribution >= 0.6 is 0 Å². The average Bonchev–Trinajstić information content (AvgIpc) is 2.78. The molecule has 0 aliphatic carbocycles. The van der Waals surface area contributed by atoms with E-state index in [4.69, 9.17) is 5.11 Å². The van der Waals surface area contributed by atoms with Crippen molar-refractivity contribution in [2.45, 2.75) is 6.18 Å². The summed E-state index contributed by atoms with van der Waals surface area (Å²) in [5.41, 5.74) is 1.66. The van der Waals surface area contributed by atoms with Crippen molar-refractivity contribution in [3.8, 4) is 11.1 Å². The van der Waals surface area contributed by atoms with Crippen LogP contribution in [0.1, 0.15) is 26.3 Å². The molecule has 0 saturated carbocycles. The number of carbonyl (C=O) groups excluding carboxylic acids is 1. The lowest BCUT2D eigenvalue weighted by atomic mass is 9.99. The van der Waals surface area contributed by atoms with E-state index in [1.54, 1.807) is 24.4 Å². The van der Waals surface area contributed by atoms with E-state index < -0.39 is 17.7 Å². The van der Waals surface area contributed by atoms with Gasteiger partial charge in [0.2, 0.25) is 0 Å². The summed E-state index contributed by atoms with van der Waals surface area (Å²) in [6.45, 7) is 0. The van der Waals surface area contributed by atoms with E-state index in [9.17, 15) is 22.8 Å². The van der Waals surface area contributed by atoms with Gasteiger partial charge in [0.05, 0.1) is 16.6 Å². The average molecular weight is 423 g/mol. The number of alkyl halides is 3. The fraction of sp³-hybridized carbons (Fsp3) is 0.0417. The van der Waals surface area contributed by atoms with Crippen LogP contribution in [0.3, 0.4) is 0 Å². The number of aromatic nitrogens is 1. The Bertz CT molecular complexity index is 1220. The maximum Gasteiger partial charge on any atom is 0.416 e. The van der Waals surface area contributed by atoms with Gasteiger partial charge in [0, 0.05) is 17.1 Å². The van der Waals surface area contributed by atoms with Gasteiger partial charge < -0.3 is 5.11 Å². The molecule has 0 aliphatic heterocycles. The highest BCUT2D eigenvalue weighted by atomic mass is 19.4. The van der Waals surface area contributed by atoms with Crippen LogP contribution in [0.4, 0.5) is 13.2 Å². The lowest BCUT2D eigenvalue weighted by Gasteiger charge is -2.09. The fourth-order valence-electron chi connectivity index (χ4n) is 2.91. The molecule has 31 heavy (non-hydrogen) atoms. The Kier molecular flexibility index (Phi) is 6.45. The van der Waals surface area contributed by atoms with Gasteiger partial charge in [0.15, 0.2) is 6.29 Å². The third-order valence-corrected chi connectivity index (χ3v) is 4.43. The predicted molar refractivity (Wildman–Crippen MR) is 111 cm³/mol. The molecule has 0 aliphatic rings. The van der Waals surface area contributed by atoms with E-state index in [2.05, 4.69) is 4.98 Å². The molecule has 0 amide bonds. The molecule has 0 fully saturated rings. The molecule has 0 atom stereocenters. The predicted octanol–water partition coefficient (Wildman–Crippen LogP) is 6.12. The molecule has 0 radical (unpaired) electrons. The number of hydrogen-bond acceptors (Lipinski definition) is 3. The summed E-state index contributed by atoms with van der Waals surface area (Å²) in [6, 6.07) is 20.1. The first-order valence-electron chi connectivity index (χ1n) is 9.09. The Labute approximate surface area is 175 Å². The summed E-state index contributed by atoms with van der Waals surface area (Å²) >= 11 is 0. The van der Waals surface area contributed by atoms with Crippen LogP contribution in [-0.2, 0) is 6.18 Å². The maximum atomic E-state index is 12.4. The van der Waals surface area contributed by atoms with Crippen molar-refractivity contribution in [2.75, 3.05) is 0 Å². The highest BCUT2D eigenvalue weighted by Gasteiger charge is 2.30. The number of carboxylic acids is 1. The molecule has 4 aromatic rings. The summed E-state index contributed by atoms with van der Waals surface area (Å²) in [7, 11) is 0. The third-order valence-electron chi connectivity index (χ3n) is 4.43. The van der Waals surface area contributed by atoms with Gasteiger partial charge >= 0.3 is 12.1 Å². The van der Waals surface area contributed by atoms with Crippen LogP contribution < -0.4 is 0 Å². The lowest BCUT2D eigenvalue weighted by Crippen LogP contribution is -2.04. The Morgan fingerprint density at radius 2 is 1.55 bits per heavy atom. The van der Waals surface area contributed by atoms with Gasteiger partial charge in [-0.05, 0) is 41.5 Å². The van der Waals surface area contributed by atoms with E-state index in [0.29, 0.717) is 16.7 Å². The fourth-order valence-corrected chi connectivity index (χ4v) is 2.91. The van der Waals surface area contributed by atoms with E-state index in [1.807, 2.05) is 30.3 Å². The van der Waals surface area contributed by atoms with Crippen LogP contribution in [0.2, 0.25) is 0 Å². The summed E-state index contributed by atoms with van der Waals surface area (Å²) in [4.78, 5) is 25.6. The zero-order chi connectivity index (χ0) is 22.4. The number of halogens is 3. The van der Waals surface area contributed by atoms with E-state index in [0.717, 1.165) is 29.3 Å². The normalized spacial score (nSPS) is 10.8. The lowest BCUT2D eigenvalue weighted by molar-refractivity contribution is -0.137. The molecule has 0 unspecified atom stereocenters. The Balaban J connectivity index is 0.000000194.